The summed E-state index contributed by atoms with van der Waals surface area (Å²) >= 11 is 0. The molecular formula is C14H19N3O. The zero-order chi connectivity index (χ0) is 13.0. The molecule has 96 valence electrons. The van der Waals surface area contributed by atoms with Gasteiger partial charge in [-0.1, -0.05) is 11.6 Å². The van der Waals surface area contributed by atoms with Crippen LogP contribution < -0.4 is 10.2 Å². The first-order chi connectivity index (χ1) is 8.65. The Morgan fingerprint density at radius 1 is 1.50 bits per heavy atom. The standard InChI is InChI=1S/C14H19N3O/c1-11(2)9-14(18)16-12-6-8-17(10-12)13-5-3-4-7-15-13/h3-5,7,9,12H,6,8,10H2,1-2H3,(H,16,18). The minimum Gasteiger partial charge on any atom is -0.354 e. The van der Waals surface area contributed by atoms with Crippen molar-refractivity contribution in [3.05, 3.63) is 36.0 Å². The Bertz CT molecular complexity index is 438. The predicted octanol–water partition coefficient (Wildman–Crippen LogP) is 1.74. The molecular weight excluding hydrogens is 226 g/mol. The van der Waals surface area contributed by atoms with Gasteiger partial charge < -0.3 is 10.2 Å². The van der Waals surface area contributed by atoms with Crippen LogP contribution in [-0.4, -0.2) is 30.0 Å². The Labute approximate surface area is 108 Å². The van der Waals surface area contributed by atoms with E-state index in [9.17, 15) is 4.79 Å². The fourth-order valence-corrected chi connectivity index (χ4v) is 2.13. The molecule has 1 aromatic heterocycles. The molecule has 0 saturated carbocycles. The number of pyridine rings is 1. The van der Waals surface area contributed by atoms with Gasteiger partial charge in [-0.15, -0.1) is 0 Å². The summed E-state index contributed by atoms with van der Waals surface area (Å²) in [6.45, 7) is 5.62. The maximum atomic E-state index is 11.6. The number of hydrogen-bond acceptors (Lipinski definition) is 3. The second-order valence-electron chi connectivity index (χ2n) is 4.85. The molecule has 2 heterocycles. The summed E-state index contributed by atoms with van der Waals surface area (Å²) in [6.07, 6.45) is 4.41. The highest BCUT2D eigenvalue weighted by Gasteiger charge is 2.23. The van der Waals surface area contributed by atoms with E-state index in [-0.39, 0.29) is 11.9 Å². The molecule has 1 unspecified atom stereocenters. The molecule has 0 radical (unpaired) electrons. The zero-order valence-electron chi connectivity index (χ0n) is 10.9. The number of hydrogen-bond donors (Lipinski definition) is 1. The average Bonchev–Trinajstić information content (AvgIpc) is 2.77. The zero-order valence-corrected chi connectivity index (χ0v) is 10.9. The molecule has 1 amide bonds. The Kier molecular flexibility index (Phi) is 3.97. The van der Waals surface area contributed by atoms with Gasteiger partial charge in [0.05, 0.1) is 0 Å². The fraction of sp³-hybridized carbons (Fsp3) is 0.429. The van der Waals surface area contributed by atoms with Crippen molar-refractivity contribution in [3.63, 3.8) is 0 Å². The van der Waals surface area contributed by atoms with Crippen molar-refractivity contribution in [2.45, 2.75) is 26.3 Å². The number of anilines is 1. The summed E-state index contributed by atoms with van der Waals surface area (Å²) in [6, 6.07) is 6.11. The van der Waals surface area contributed by atoms with Gasteiger partial charge in [0, 0.05) is 31.4 Å². The van der Waals surface area contributed by atoms with Crippen LogP contribution in [0, 0.1) is 0 Å². The fourth-order valence-electron chi connectivity index (χ4n) is 2.13. The molecule has 1 aromatic rings. The monoisotopic (exact) mass is 245 g/mol. The molecule has 4 heteroatoms. The smallest absolute Gasteiger partial charge is 0.244 e. The van der Waals surface area contributed by atoms with E-state index in [0.717, 1.165) is 30.9 Å². The van der Waals surface area contributed by atoms with Crippen LogP contribution in [0.5, 0.6) is 0 Å². The van der Waals surface area contributed by atoms with Crippen LogP contribution in [0.3, 0.4) is 0 Å². The molecule has 1 atom stereocenters. The summed E-state index contributed by atoms with van der Waals surface area (Å²) < 4.78 is 0. The number of amides is 1. The first kappa shape index (κ1) is 12.6. The molecule has 1 saturated heterocycles. The summed E-state index contributed by atoms with van der Waals surface area (Å²) in [5, 5.41) is 3.03. The highest BCUT2D eigenvalue weighted by Crippen LogP contribution is 2.17. The van der Waals surface area contributed by atoms with Crippen molar-refractivity contribution in [1.82, 2.24) is 10.3 Å². The van der Waals surface area contributed by atoms with Gasteiger partial charge in [0.25, 0.3) is 0 Å². The lowest BCUT2D eigenvalue weighted by Crippen LogP contribution is -2.36. The van der Waals surface area contributed by atoms with Gasteiger partial charge in [-0.2, -0.15) is 0 Å². The number of nitrogens with zero attached hydrogens (tertiary/aromatic N) is 2. The largest absolute Gasteiger partial charge is 0.354 e. The van der Waals surface area contributed by atoms with Crippen LogP contribution in [-0.2, 0) is 4.79 Å². The van der Waals surface area contributed by atoms with Gasteiger partial charge in [-0.25, -0.2) is 4.98 Å². The van der Waals surface area contributed by atoms with Gasteiger partial charge in [-0.3, -0.25) is 4.79 Å². The topological polar surface area (TPSA) is 45.2 Å². The lowest BCUT2D eigenvalue weighted by molar-refractivity contribution is -0.117. The third-order valence-electron chi connectivity index (χ3n) is 2.93. The van der Waals surface area contributed by atoms with Crippen LogP contribution in [0.15, 0.2) is 36.0 Å². The van der Waals surface area contributed by atoms with Gasteiger partial charge in [0.15, 0.2) is 0 Å². The number of carbonyl (C=O) groups is 1. The minimum atomic E-state index is 0.00266. The Balaban J connectivity index is 1.89. The molecule has 0 aromatic carbocycles. The summed E-state index contributed by atoms with van der Waals surface area (Å²) in [7, 11) is 0. The third kappa shape index (κ3) is 3.32. The number of carbonyl (C=O) groups excluding carboxylic acids is 1. The lowest BCUT2D eigenvalue weighted by atomic mass is 10.2. The Morgan fingerprint density at radius 3 is 3.00 bits per heavy atom. The van der Waals surface area contributed by atoms with Gasteiger partial charge >= 0.3 is 0 Å². The van der Waals surface area contributed by atoms with E-state index in [1.165, 1.54) is 0 Å². The van der Waals surface area contributed by atoms with E-state index in [4.69, 9.17) is 0 Å². The number of aromatic nitrogens is 1. The van der Waals surface area contributed by atoms with Crippen molar-refractivity contribution >= 4 is 11.7 Å². The molecule has 0 aliphatic carbocycles. The van der Waals surface area contributed by atoms with Gasteiger partial charge in [0.2, 0.25) is 5.91 Å². The molecule has 1 N–H and O–H groups in total. The SMILES string of the molecule is CC(C)=CC(=O)NC1CCN(c2ccccn2)C1. The molecule has 1 aliphatic rings. The van der Waals surface area contributed by atoms with E-state index in [1.54, 1.807) is 12.3 Å². The summed E-state index contributed by atoms with van der Waals surface area (Å²) in [5.74, 6) is 0.985. The van der Waals surface area contributed by atoms with Crippen molar-refractivity contribution in [1.29, 1.82) is 0 Å². The molecule has 18 heavy (non-hydrogen) atoms. The average molecular weight is 245 g/mol. The van der Waals surface area contributed by atoms with Gasteiger partial charge in [0.1, 0.15) is 5.82 Å². The van der Waals surface area contributed by atoms with E-state index in [2.05, 4.69) is 15.2 Å². The number of nitrogens with one attached hydrogen (secondary N) is 1. The van der Waals surface area contributed by atoms with E-state index in [1.807, 2.05) is 32.0 Å². The summed E-state index contributed by atoms with van der Waals surface area (Å²) in [5.41, 5.74) is 1.02. The molecule has 2 rings (SSSR count). The third-order valence-corrected chi connectivity index (χ3v) is 2.93. The van der Waals surface area contributed by atoms with Crippen molar-refractivity contribution < 1.29 is 4.79 Å². The first-order valence-corrected chi connectivity index (χ1v) is 6.26. The molecule has 1 aliphatic heterocycles. The first-order valence-electron chi connectivity index (χ1n) is 6.26. The lowest BCUT2D eigenvalue weighted by Gasteiger charge is -2.17. The van der Waals surface area contributed by atoms with E-state index >= 15 is 0 Å². The number of allylic oxidation sites excluding steroid dienone is 1. The molecule has 1 fully saturated rings. The van der Waals surface area contributed by atoms with E-state index < -0.39 is 0 Å². The second-order valence-corrected chi connectivity index (χ2v) is 4.85. The van der Waals surface area contributed by atoms with Crippen LogP contribution >= 0.6 is 0 Å². The minimum absolute atomic E-state index is 0.00266. The molecule has 0 bridgehead atoms. The van der Waals surface area contributed by atoms with Crippen molar-refractivity contribution in [2.75, 3.05) is 18.0 Å². The molecule has 0 spiro atoms. The maximum absolute atomic E-state index is 11.6. The van der Waals surface area contributed by atoms with Crippen LogP contribution in [0.2, 0.25) is 0 Å². The van der Waals surface area contributed by atoms with E-state index in [0.29, 0.717) is 0 Å². The quantitative estimate of drug-likeness (QED) is 0.825. The van der Waals surface area contributed by atoms with Gasteiger partial charge in [-0.05, 0) is 32.4 Å². The number of rotatable bonds is 3. The highest BCUT2D eigenvalue weighted by atomic mass is 16.1. The molecule has 4 nitrogen and oxygen atoms in total. The Hall–Kier alpha value is -1.84. The van der Waals surface area contributed by atoms with Crippen LogP contribution in [0.4, 0.5) is 5.82 Å². The van der Waals surface area contributed by atoms with Crippen molar-refractivity contribution in [3.8, 4) is 0 Å². The van der Waals surface area contributed by atoms with Crippen LogP contribution in [0.25, 0.3) is 0 Å². The van der Waals surface area contributed by atoms with Crippen LogP contribution in [0.1, 0.15) is 20.3 Å². The van der Waals surface area contributed by atoms with Crippen molar-refractivity contribution in [2.24, 2.45) is 0 Å². The normalized spacial score (nSPS) is 18.6. The maximum Gasteiger partial charge on any atom is 0.244 e. The summed E-state index contributed by atoms with van der Waals surface area (Å²) in [4.78, 5) is 18.2. The highest BCUT2D eigenvalue weighted by molar-refractivity contribution is 5.88. The Morgan fingerprint density at radius 2 is 2.33 bits per heavy atom. The second kappa shape index (κ2) is 5.67. The predicted molar refractivity (Wildman–Crippen MR) is 72.4 cm³/mol.